The van der Waals surface area contributed by atoms with E-state index in [4.69, 9.17) is 9.47 Å². The summed E-state index contributed by atoms with van der Waals surface area (Å²) in [6.45, 7) is 4.05. The van der Waals surface area contributed by atoms with Crippen LogP contribution in [0.5, 0.6) is 0 Å². The average Bonchev–Trinajstić information content (AvgIpc) is 2.31. The van der Waals surface area contributed by atoms with E-state index in [2.05, 4.69) is 10.6 Å². The molecule has 0 aliphatic heterocycles. The van der Waals surface area contributed by atoms with Gasteiger partial charge in [0.25, 0.3) is 0 Å². The standard InChI is InChI=1S/C11H22N2O4/c1-3-17-11(15)5-7-12-9-10(14)13-6-4-8-16-2/h12H,3-9H2,1-2H3,(H,13,14). The van der Waals surface area contributed by atoms with Crippen molar-refractivity contribution in [2.45, 2.75) is 19.8 Å². The van der Waals surface area contributed by atoms with Gasteiger partial charge in [-0.1, -0.05) is 0 Å². The lowest BCUT2D eigenvalue weighted by Crippen LogP contribution is -2.35. The highest BCUT2D eigenvalue weighted by Crippen LogP contribution is 1.83. The van der Waals surface area contributed by atoms with Crippen LogP contribution in [0.3, 0.4) is 0 Å². The SMILES string of the molecule is CCOC(=O)CCNCC(=O)NCCCOC. The summed E-state index contributed by atoms with van der Waals surface area (Å²) in [6.07, 6.45) is 1.08. The quantitative estimate of drug-likeness (QED) is 0.408. The van der Waals surface area contributed by atoms with Crippen LogP contribution in [0.2, 0.25) is 0 Å². The van der Waals surface area contributed by atoms with Crippen molar-refractivity contribution < 1.29 is 19.1 Å². The molecule has 0 fully saturated rings. The summed E-state index contributed by atoms with van der Waals surface area (Å²) in [4.78, 5) is 22.2. The van der Waals surface area contributed by atoms with Gasteiger partial charge < -0.3 is 20.1 Å². The van der Waals surface area contributed by atoms with Gasteiger partial charge >= 0.3 is 5.97 Å². The van der Waals surface area contributed by atoms with Crippen LogP contribution in [-0.2, 0) is 19.1 Å². The highest BCUT2D eigenvalue weighted by Gasteiger charge is 2.02. The molecule has 0 saturated carbocycles. The van der Waals surface area contributed by atoms with Gasteiger partial charge in [-0.05, 0) is 13.3 Å². The van der Waals surface area contributed by atoms with Gasteiger partial charge in [0.05, 0.1) is 19.6 Å². The van der Waals surface area contributed by atoms with E-state index < -0.39 is 0 Å². The lowest BCUT2D eigenvalue weighted by atomic mass is 10.4. The lowest BCUT2D eigenvalue weighted by Gasteiger charge is -2.06. The molecule has 6 nitrogen and oxygen atoms in total. The minimum absolute atomic E-state index is 0.0787. The Balaban J connectivity index is 3.30. The Morgan fingerprint density at radius 1 is 1.24 bits per heavy atom. The zero-order valence-electron chi connectivity index (χ0n) is 10.6. The van der Waals surface area contributed by atoms with E-state index >= 15 is 0 Å². The summed E-state index contributed by atoms with van der Waals surface area (Å²) in [5.74, 6) is -0.328. The first-order valence-corrected chi connectivity index (χ1v) is 5.82. The molecule has 0 unspecified atom stereocenters. The molecular formula is C11H22N2O4. The van der Waals surface area contributed by atoms with Crippen molar-refractivity contribution in [3.63, 3.8) is 0 Å². The van der Waals surface area contributed by atoms with Crippen molar-refractivity contribution in [3.05, 3.63) is 0 Å². The largest absolute Gasteiger partial charge is 0.466 e. The van der Waals surface area contributed by atoms with E-state index in [9.17, 15) is 9.59 Å². The van der Waals surface area contributed by atoms with Crippen molar-refractivity contribution in [3.8, 4) is 0 Å². The molecule has 0 aliphatic carbocycles. The molecule has 0 spiro atoms. The molecule has 0 aromatic heterocycles. The molecule has 0 bridgehead atoms. The maximum absolute atomic E-state index is 11.2. The van der Waals surface area contributed by atoms with Crippen LogP contribution in [0.15, 0.2) is 0 Å². The van der Waals surface area contributed by atoms with Crippen LogP contribution in [0.25, 0.3) is 0 Å². The minimum atomic E-state index is -0.250. The average molecular weight is 246 g/mol. The number of ether oxygens (including phenoxy) is 2. The predicted molar refractivity (Wildman–Crippen MR) is 63.6 cm³/mol. The molecule has 0 aliphatic rings. The van der Waals surface area contributed by atoms with Crippen LogP contribution in [0.1, 0.15) is 19.8 Å². The number of rotatable bonds is 10. The summed E-state index contributed by atoms with van der Waals surface area (Å²) in [6, 6.07) is 0. The molecule has 0 heterocycles. The zero-order valence-corrected chi connectivity index (χ0v) is 10.6. The van der Waals surface area contributed by atoms with E-state index in [1.54, 1.807) is 14.0 Å². The maximum atomic E-state index is 11.2. The summed E-state index contributed by atoms with van der Waals surface area (Å²) in [5.41, 5.74) is 0. The van der Waals surface area contributed by atoms with Crippen molar-refractivity contribution >= 4 is 11.9 Å². The second-order valence-corrected chi connectivity index (χ2v) is 3.43. The van der Waals surface area contributed by atoms with E-state index in [0.29, 0.717) is 26.3 Å². The lowest BCUT2D eigenvalue weighted by molar-refractivity contribution is -0.143. The number of nitrogens with one attached hydrogen (secondary N) is 2. The Labute approximate surface area is 102 Å². The number of hydrogen-bond acceptors (Lipinski definition) is 5. The normalized spacial score (nSPS) is 10.0. The summed E-state index contributed by atoms with van der Waals surface area (Å²) in [5, 5.41) is 5.60. The molecule has 0 aromatic rings. The fourth-order valence-corrected chi connectivity index (χ4v) is 1.13. The fourth-order valence-electron chi connectivity index (χ4n) is 1.13. The summed E-state index contributed by atoms with van der Waals surface area (Å²) < 4.78 is 9.60. The molecule has 17 heavy (non-hydrogen) atoms. The van der Waals surface area contributed by atoms with Crippen LogP contribution >= 0.6 is 0 Å². The van der Waals surface area contributed by atoms with Crippen LogP contribution in [-0.4, -0.2) is 51.8 Å². The summed E-state index contributed by atoms with van der Waals surface area (Å²) >= 11 is 0. The monoisotopic (exact) mass is 246 g/mol. The first kappa shape index (κ1) is 15.9. The molecule has 0 radical (unpaired) electrons. The second-order valence-electron chi connectivity index (χ2n) is 3.43. The molecular weight excluding hydrogens is 224 g/mol. The number of carbonyl (C=O) groups is 2. The summed E-state index contributed by atoms with van der Waals surface area (Å²) in [7, 11) is 1.62. The molecule has 100 valence electrons. The number of amides is 1. The van der Waals surface area contributed by atoms with Gasteiger partial charge in [-0.25, -0.2) is 0 Å². The molecule has 0 aromatic carbocycles. The topological polar surface area (TPSA) is 76.7 Å². The van der Waals surface area contributed by atoms with Crippen LogP contribution < -0.4 is 10.6 Å². The number of carbonyl (C=O) groups excluding carboxylic acids is 2. The van der Waals surface area contributed by atoms with Crippen molar-refractivity contribution in [1.29, 1.82) is 0 Å². The van der Waals surface area contributed by atoms with Gasteiger partial charge in [0.15, 0.2) is 0 Å². The first-order chi connectivity index (χ1) is 8.20. The Morgan fingerprint density at radius 3 is 2.65 bits per heavy atom. The Kier molecular flexibility index (Phi) is 10.6. The number of methoxy groups -OCH3 is 1. The van der Waals surface area contributed by atoms with Crippen molar-refractivity contribution in [1.82, 2.24) is 10.6 Å². The minimum Gasteiger partial charge on any atom is -0.466 e. The zero-order chi connectivity index (χ0) is 12.9. The highest BCUT2D eigenvalue weighted by molar-refractivity contribution is 5.78. The second kappa shape index (κ2) is 11.3. The van der Waals surface area contributed by atoms with Crippen LogP contribution in [0, 0.1) is 0 Å². The van der Waals surface area contributed by atoms with Crippen LogP contribution in [0.4, 0.5) is 0 Å². The molecule has 0 atom stereocenters. The molecule has 0 saturated heterocycles. The molecule has 6 heteroatoms. The molecule has 2 N–H and O–H groups in total. The van der Waals surface area contributed by atoms with Gasteiger partial charge in [0, 0.05) is 26.8 Å². The Bertz CT molecular complexity index is 222. The number of esters is 1. The molecule has 1 amide bonds. The molecule has 0 rings (SSSR count). The smallest absolute Gasteiger partial charge is 0.307 e. The van der Waals surface area contributed by atoms with E-state index in [-0.39, 0.29) is 24.8 Å². The fraction of sp³-hybridized carbons (Fsp3) is 0.818. The third-order valence-corrected chi connectivity index (χ3v) is 1.94. The van der Waals surface area contributed by atoms with Gasteiger partial charge in [0.2, 0.25) is 5.91 Å². The van der Waals surface area contributed by atoms with Gasteiger partial charge in [0.1, 0.15) is 0 Å². The predicted octanol–water partition coefficient (Wildman–Crippen LogP) is -0.318. The third-order valence-electron chi connectivity index (χ3n) is 1.94. The van der Waals surface area contributed by atoms with E-state index in [0.717, 1.165) is 6.42 Å². The van der Waals surface area contributed by atoms with E-state index in [1.807, 2.05) is 0 Å². The first-order valence-electron chi connectivity index (χ1n) is 5.82. The highest BCUT2D eigenvalue weighted by atomic mass is 16.5. The van der Waals surface area contributed by atoms with E-state index in [1.165, 1.54) is 0 Å². The van der Waals surface area contributed by atoms with Gasteiger partial charge in [-0.3, -0.25) is 9.59 Å². The van der Waals surface area contributed by atoms with Crippen molar-refractivity contribution in [2.75, 3.05) is 40.0 Å². The van der Waals surface area contributed by atoms with Crippen molar-refractivity contribution in [2.24, 2.45) is 0 Å². The van der Waals surface area contributed by atoms with Gasteiger partial charge in [-0.15, -0.1) is 0 Å². The third kappa shape index (κ3) is 11.1. The Hall–Kier alpha value is -1.14. The maximum Gasteiger partial charge on any atom is 0.307 e. The van der Waals surface area contributed by atoms with Gasteiger partial charge in [-0.2, -0.15) is 0 Å². The number of hydrogen-bond donors (Lipinski definition) is 2. The Morgan fingerprint density at radius 2 is 2.00 bits per heavy atom.